The van der Waals surface area contributed by atoms with E-state index in [9.17, 15) is 9.90 Å². The van der Waals surface area contributed by atoms with Crippen LogP contribution in [0.25, 0.3) is 0 Å². The molecule has 2 unspecified atom stereocenters. The van der Waals surface area contributed by atoms with Gasteiger partial charge in [-0.05, 0) is 38.5 Å². The Morgan fingerprint density at radius 1 is 0.852 bits per heavy atom. The molecule has 0 aromatic carbocycles. The summed E-state index contributed by atoms with van der Waals surface area (Å²) < 4.78 is 0. The van der Waals surface area contributed by atoms with Gasteiger partial charge >= 0.3 is 0 Å². The Morgan fingerprint density at radius 3 is 1.93 bits per heavy atom. The molecule has 0 fully saturated rings. The molecule has 0 radical (unpaired) electrons. The van der Waals surface area contributed by atoms with E-state index in [0.29, 0.717) is 0 Å². The lowest BCUT2D eigenvalue weighted by atomic mass is 10.1. The standard InChI is InChI=1S/C23H41NO3/c1-3-4-5-6-7-8-9-10-11-12-13-14-15-16-17-18-19-23(27)22(20-25)24-21(2)26/h10-11,14-15,18-19,22-23,25,27H,3-9,12-13,16-17,20H2,1-2H3,(H,24,26)/b11-10+,15-14+,19-18+. The Hall–Kier alpha value is -1.39. The van der Waals surface area contributed by atoms with Crippen LogP contribution in [0.15, 0.2) is 36.5 Å². The van der Waals surface area contributed by atoms with Crippen LogP contribution in [0.1, 0.15) is 84.5 Å². The fourth-order valence-corrected chi connectivity index (χ4v) is 2.77. The summed E-state index contributed by atoms with van der Waals surface area (Å²) in [6, 6.07) is -0.641. The van der Waals surface area contributed by atoms with Crippen LogP contribution in [0, 0.1) is 0 Å². The quantitative estimate of drug-likeness (QED) is 0.250. The van der Waals surface area contributed by atoms with Gasteiger partial charge in [0.15, 0.2) is 0 Å². The van der Waals surface area contributed by atoms with Gasteiger partial charge in [0.1, 0.15) is 0 Å². The topological polar surface area (TPSA) is 69.6 Å². The van der Waals surface area contributed by atoms with Crippen molar-refractivity contribution < 1.29 is 15.0 Å². The summed E-state index contributed by atoms with van der Waals surface area (Å²) in [6.45, 7) is 3.34. The van der Waals surface area contributed by atoms with Crippen LogP contribution in [-0.4, -0.2) is 34.9 Å². The van der Waals surface area contributed by atoms with Gasteiger partial charge in [-0.25, -0.2) is 0 Å². The first-order valence-electron chi connectivity index (χ1n) is 10.6. The third kappa shape index (κ3) is 17.8. The molecule has 0 spiro atoms. The zero-order valence-electron chi connectivity index (χ0n) is 17.4. The Kier molecular flexibility index (Phi) is 18.4. The number of rotatable bonds is 17. The molecular formula is C23H41NO3. The van der Waals surface area contributed by atoms with Crippen molar-refractivity contribution >= 4 is 5.91 Å². The highest BCUT2D eigenvalue weighted by molar-refractivity contribution is 5.73. The van der Waals surface area contributed by atoms with Crippen LogP contribution in [0.3, 0.4) is 0 Å². The Bertz CT molecular complexity index is 429. The molecule has 0 bridgehead atoms. The maximum absolute atomic E-state index is 11.0. The highest BCUT2D eigenvalue weighted by atomic mass is 16.3. The van der Waals surface area contributed by atoms with Crippen molar-refractivity contribution in [1.29, 1.82) is 0 Å². The molecule has 0 aromatic heterocycles. The molecule has 4 nitrogen and oxygen atoms in total. The second-order valence-electron chi connectivity index (χ2n) is 7.06. The fourth-order valence-electron chi connectivity index (χ4n) is 2.77. The van der Waals surface area contributed by atoms with E-state index >= 15 is 0 Å². The Labute approximate surface area is 166 Å². The molecule has 0 aliphatic rings. The summed E-state index contributed by atoms with van der Waals surface area (Å²) in [5, 5.41) is 21.6. The van der Waals surface area contributed by atoms with Crippen molar-refractivity contribution in [3.63, 3.8) is 0 Å². The largest absolute Gasteiger partial charge is 0.394 e. The smallest absolute Gasteiger partial charge is 0.217 e. The van der Waals surface area contributed by atoms with Crippen molar-refractivity contribution in [2.24, 2.45) is 0 Å². The van der Waals surface area contributed by atoms with Gasteiger partial charge in [0.05, 0.1) is 18.8 Å². The monoisotopic (exact) mass is 379 g/mol. The minimum Gasteiger partial charge on any atom is -0.394 e. The van der Waals surface area contributed by atoms with Crippen molar-refractivity contribution in [3.05, 3.63) is 36.5 Å². The SMILES string of the molecule is CCCCCCCC/C=C/CC/C=C/CC/C=C/C(O)C(CO)NC(C)=O. The number of amides is 1. The van der Waals surface area contributed by atoms with Crippen LogP contribution < -0.4 is 5.32 Å². The molecule has 2 atom stereocenters. The molecule has 0 aromatic rings. The molecule has 0 saturated heterocycles. The van der Waals surface area contributed by atoms with Crippen molar-refractivity contribution in [2.75, 3.05) is 6.61 Å². The average Bonchev–Trinajstić information content (AvgIpc) is 2.65. The lowest BCUT2D eigenvalue weighted by molar-refractivity contribution is -0.120. The van der Waals surface area contributed by atoms with Gasteiger partial charge < -0.3 is 15.5 Å². The van der Waals surface area contributed by atoms with Gasteiger partial charge in [0, 0.05) is 6.92 Å². The number of carbonyl (C=O) groups is 1. The number of carbonyl (C=O) groups excluding carboxylic acids is 1. The number of aliphatic hydroxyl groups is 2. The first kappa shape index (κ1) is 25.6. The second-order valence-corrected chi connectivity index (χ2v) is 7.06. The van der Waals surface area contributed by atoms with E-state index in [4.69, 9.17) is 5.11 Å². The molecule has 3 N–H and O–H groups in total. The number of hydrogen-bond donors (Lipinski definition) is 3. The highest BCUT2D eigenvalue weighted by Crippen LogP contribution is 2.07. The van der Waals surface area contributed by atoms with Crippen LogP contribution in [0.5, 0.6) is 0 Å². The predicted molar refractivity (Wildman–Crippen MR) is 115 cm³/mol. The van der Waals surface area contributed by atoms with E-state index in [0.717, 1.165) is 25.7 Å². The molecule has 0 aliphatic heterocycles. The van der Waals surface area contributed by atoms with Crippen molar-refractivity contribution in [1.82, 2.24) is 5.32 Å². The van der Waals surface area contributed by atoms with Crippen LogP contribution >= 0.6 is 0 Å². The molecule has 0 heterocycles. The van der Waals surface area contributed by atoms with E-state index < -0.39 is 12.1 Å². The maximum Gasteiger partial charge on any atom is 0.217 e. The van der Waals surface area contributed by atoms with Gasteiger partial charge in [-0.2, -0.15) is 0 Å². The first-order valence-corrected chi connectivity index (χ1v) is 10.6. The van der Waals surface area contributed by atoms with Gasteiger partial charge in [-0.1, -0.05) is 75.5 Å². The zero-order valence-corrected chi connectivity index (χ0v) is 17.4. The molecule has 27 heavy (non-hydrogen) atoms. The minimum atomic E-state index is -0.861. The van der Waals surface area contributed by atoms with E-state index in [1.807, 2.05) is 6.08 Å². The summed E-state index contributed by atoms with van der Waals surface area (Å²) in [7, 11) is 0. The van der Waals surface area contributed by atoms with E-state index in [-0.39, 0.29) is 12.5 Å². The third-order valence-corrected chi connectivity index (χ3v) is 4.39. The Morgan fingerprint density at radius 2 is 1.37 bits per heavy atom. The van der Waals surface area contributed by atoms with Gasteiger partial charge in [0.2, 0.25) is 5.91 Å². The third-order valence-electron chi connectivity index (χ3n) is 4.39. The zero-order chi connectivity index (χ0) is 20.2. The molecule has 156 valence electrons. The lowest BCUT2D eigenvalue weighted by Gasteiger charge is -2.18. The first-order chi connectivity index (χ1) is 13.1. The predicted octanol–water partition coefficient (Wildman–Crippen LogP) is 4.82. The molecule has 0 rings (SSSR count). The summed E-state index contributed by atoms with van der Waals surface area (Å²) in [4.78, 5) is 11.0. The maximum atomic E-state index is 11.0. The average molecular weight is 380 g/mol. The van der Waals surface area contributed by atoms with E-state index in [1.165, 1.54) is 51.9 Å². The number of nitrogens with one attached hydrogen (secondary N) is 1. The molecule has 4 heteroatoms. The van der Waals surface area contributed by atoms with Gasteiger partial charge in [-0.15, -0.1) is 0 Å². The van der Waals surface area contributed by atoms with Crippen LogP contribution in [-0.2, 0) is 4.79 Å². The Balaban J connectivity index is 3.61. The van der Waals surface area contributed by atoms with E-state index in [1.54, 1.807) is 6.08 Å². The minimum absolute atomic E-state index is 0.259. The van der Waals surface area contributed by atoms with Crippen molar-refractivity contribution in [3.8, 4) is 0 Å². The van der Waals surface area contributed by atoms with Gasteiger partial charge in [0.25, 0.3) is 0 Å². The summed E-state index contributed by atoms with van der Waals surface area (Å²) in [6.07, 6.45) is 24.9. The molecule has 1 amide bonds. The number of unbranched alkanes of at least 4 members (excludes halogenated alkanes) is 8. The van der Waals surface area contributed by atoms with E-state index in [2.05, 4.69) is 36.5 Å². The highest BCUT2D eigenvalue weighted by Gasteiger charge is 2.15. The lowest BCUT2D eigenvalue weighted by Crippen LogP contribution is -2.44. The number of aliphatic hydroxyl groups excluding tert-OH is 2. The second kappa shape index (κ2) is 19.4. The summed E-state index contributed by atoms with van der Waals surface area (Å²) in [5.41, 5.74) is 0. The summed E-state index contributed by atoms with van der Waals surface area (Å²) in [5.74, 6) is -0.259. The normalized spacial score (nSPS) is 14.4. The van der Waals surface area contributed by atoms with Crippen LogP contribution in [0.4, 0.5) is 0 Å². The fraction of sp³-hybridized carbons (Fsp3) is 0.696. The van der Waals surface area contributed by atoms with Crippen LogP contribution in [0.2, 0.25) is 0 Å². The number of hydrogen-bond acceptors (Lipinski definition) is 3. The van der Waals surface area contributed by atoms with Crippen molar-refractivity contribution in [2.45, 2.75) is 96.6 Å². The molecular weight excluding hydrogens is 338 g/mol. The number of allylic oxidation sites excluding steroid dienone is 5. The molecule has 0 aliphatic carbocycles. The summed E-state index contributed by atoms with van der Waals surface area (Å²) >= 11 is 0. The molecule has 0 saturated carbocycles. The van der Waals surface area contributed by atoms with Gasteiger partial charge in [-0.3, -0.25) is 4.79 Å².